The van der Waals surface area contributed by atoms with E-state index >= 15 is 0 Å². The average Bonchev–Trinajstić information content (AvgIpc) is 3.32. The quantitative estimate of drug-likeness (QED) is 0.399. The molecule has 35 heavy (non-hydrogen) atoms. The molecule has 2 aromatic heterocycles. The summed E-state index contributed by atoms with van der Waals surface area (Å²) >= 11 is 6.10. The summed E-state index contributed by atoms with van der Waals surface area (Å²) in [5.74, 6) is -0.0983. The number of nitrogens with zero attached hydrogens (tertiary/aromatic N) is 5. The van der Waals surface area contributed by atoms with Crippen LogP contribution in [-0.4, -0.2) is 30.4 Å². The van der Waals surface area contributed by atoms with Gasteiger partial charge in [-0.15, -0.1) is 0 Å². The summed E-state index contributed by atoms with van der Waals surface area (Å²) in [7, 11) is 0. The molecule has 4 rings (SSSR count). The molecule has 0 unspecified atom stereocenters. The maximum absolute atomic E-state index is 12.9. The van der Waals surface area contributed by atoms with Gasteiger partial charge in [0.2, 0.25) is 17.6 Å². The fraction of sp³-hybridized carbons (Fsp3) is 0.250. The highest BCUT2D eigenvalue weighted by molar-refractivity contribution is 6.31. The number of aryl methyl sites for hydroxylation is 2. The number of hydrogen-bond acceptors (Lipinski definition) is 7. The lowest BCUT2D eigenvalue weighted by Gasteiger charge is -2.09. The Balaban J connectivity index is 1.51. The summed E-state index contributed by atoms with van der Waals surface area (Å²) < 4.78 is 7.43. The molecule has 0 aliphatic rings. The van der Waals surface area contributed by atoms with E-state index in [0.717, 1.165) is 20.4 Å². The van der Waals surface area contributed by atoms with E-state index in [0.29, 0.717) is 17.3 Å². The first-order chi connectivity index (χ1) is 16.9. The van der Waals surface area contributed by atoms with Gasteiger partial charge in [0.05, 0.1) is 5.69 Å². The zero-order valence-corrected chi connectivity index (χ0v) is 20.0. The normalized spacial score (nSPS) is 10.9. The van der Waals surface area contributed by atoms with Crippen molar-refractivity contribution < 1.29 is 9.32 Å². The SMILES string of the molecule is CCn1c(=O)c(-c2noc(CCC(=O)NCc3ccccc3Cl)n2)nn(-c2ccc(C)cc2)c1=O. The van der Waals surface area contributed by atoms with Gasteiger partial charge in [0.15, 0.2) is 5.69 Å². The van der Waals surface area contributed by atoms with Crippen molar-refractivity contribution in [3.8, 4) is 17.2 Å². The Hall–Kier alpha value is -4.05. The van der Waals surface area contributed by atoms with Crippen LogP contribution in [0.1, 0.15) is 30.4 Å². The number of amides is 1. The minimum absolute atomic E-state index is 0.0514. The van der Waals surface area contributed by atoms with Crippen LogP contribution < -0.4 is 16.6 Å². The Kier molecular flexibility index (Phi) is 7.21. The predicted octanol–water partition coefficient (Wildman–Crippen LogP) is 2.67. The van der Waals surface area contributed by atoms with Crippen LogP contribution in [0.15, 0.2) is 62.6 Å². The van der Waals surface area contributed by atoms with E-state index in [4.69, 9.17) is 16.1 Å². The molecule has 0 atom stereocenters. The second kappa shape index (κ2) is 10.5. The third-order valence-corrected chi connectivity index (χ3v) is 5.70. The third kappa shape index (κ3) is 5.38. The van der Waals surface area contributed by atoms with E-state index in [1.807, 2.05) is 37.3 Å². The number of benzene rings is 2. The molecule has 0 fully saturated rings. The number of carbonyl (C=O) groups is 1. The van der Waals surface area contributed by atoms with E-state index in [2.05, 4.69) is 20.6 Å². The molecule has 10 nitrogen and oxygen atoms in total. The van der Waals surface area contributed by atoms with Gasteiger partial charge in [0, 0.05) is 31.0 Å². The fourth-order valence-corrected chi connectivity index (χ4v) is 3.59. The van der Waals surface area contributed by atoms with Gasteiger partial charge >= 0.3 is 5.69 Å². The lowest BCUT2D eigenvalue weighted by atomic mass is 10.2. The molecule has 4 aromatic rings. The lowest BCUT2D eigenvalue weighted by Crippen LogP contribution is -2.41. The molecule has 0 aliphatic carbocycles. The van der Waals surface area contributed by atoms with Crippen LogP contribution in [-0.2, 0) is 24.3 Å². The van der Waals surface area contributed by atoms with Crippen LogP contribution >= 0.6 is 11.6 Å². The van der Waals surface area contributed by atoms with E-state index in [1.54, 1.807) is 25.1 Å². The Morgan fingerprint density at radius 2 is 1.86 bits per heavy atom. The van der Waals surface area contributed by atoms with Crippen molar-refractivity contribution in [1.82, 2.24) is 29.8 Å². The fourth-order valence-electron chi connectivity index (χ4n) is 3.38. The highest BCUT2D eigenvalue weighted by atomic mass is 35.5. The summed E-state index contributed by atoms with van der Waals surface area (Å²) in [6.07, 6.45) is 0.266. The third-order valence-electron chi connectivity index (χ3n) is 5.33. The number of nitrogens with one attached hydrogen (secondary N) is 1. The van der Waals surface area contributed by atoms with E-state index in [1.165, 1.54) is 0 Å². The van der Waals surface area contributed by atoms with Crippen molar-refractivity contribution in [2.24, 2.45) is 0 Å². The van der Waals surface area contributed by atoms with Gasteiger partial charge in [-0.2, -0.15) is 14.8 Å². The van der Waals surface area contributed by atoms with Crippen molar-refractivity contribution >= 4 is 17.5 Å². The lowest BCUT2D eigenvalue weighted by molar-refractivity contribution is -0.121. The first kappa shape index (κ1) is 24.1. The minimum Gasteiger partial charge on any atom is -0.352 e. The monoisotopic (exact) mass is 494 g/mol. The first-order valence-electron chi connectivity index (χ1n) is 11.0. The highest BCUT2D eigenvalue weighted by Crippen LogP contribution is 2.15. The molecule has 180 valence electrons. The zero-order chi connectivity index (χ0) is 24.9. The molecular weight excluding hydrogens is 472 g/mol. The first-order valence-corrected chi connectivity index (χ1v) is 11.4. The standard InChI is InChI=1S/C24H23ClN6O4/c1-3-30-23(33)21(28-31(24(30)34)17-10-8-15(2)9-11-17)22-27-20(35-29-22)13-12-19(32)26-14-16-6-4-5-7-18(16)25/h4-11H,3,12-14H2,1-2H3,(H,26,32). The molecule has 0 saturated carbocycles. The van der Waals surface area contributed by atoms with E-state index in [-0.39, 0.29) is 42.7 Å². The molecule has 1 N–H and O–H groups in total. The molecule has 2 aromatic carbocycles. The molecule has 0 aliphatic heterocycles. The largest absolute Gasteiger partial charge is 0.352 e. The van der Waals surface area contributed by atoms with Crippen LogP contribution in [0.3, 0.4) is 0 Å². The van der Waals surface area contributed by atoms with Crippen LogP contribution in [0.4, 0.5) is 0 Å². The highest BCUT2D eigenvalue weighted by Gasteiger charge is 2.20. The molecule has 0 saturated heterocycles. The summed E-state index contributed by atoms with van der Waals surface area (Å²) in [5.41, 5.74) is 1.02. The number of rotatable bonds is 8. The van der Waals surface area contributed by atoms with Gasteiger partial charge in [-0.3, -0.25) is 14.2 Å². The Labute approximate surface area is 205 Å². The van der Waals surface area contributed by atoms with Crippen LogP contribution in [0.2, 0.25) is 5.02 Å². The second-order valence-electron chi connectivity index (χ2n) is 7.81. The van der Waals surface area contributed by atoms with Crippen LogP contribution in [0.5, 0.6) is 0 Å². The molecule has 0 radical (unpaired) electrons. The van der Waals surface area contributed by atoms with Crippen molar-refractivity contribution in [3.63, 3.8) is 0 Å². The summed E-state index contributed by atoms with van der Waals surface area (Å²) in [5, 5.41) is 11.4. The maximum Gasteiger partial charge on any atom is 0.352 e. The number of hydrogen-bond donors (Lipinski definition) is 1. The summed E-state index contributed by atoms with van der Waals surface area (Å²) in [6, 6.07) is 14.4. The van der Waals surface area contributed by atoms with Gasteiger partial charge in [-0.05, 0) is 37.6 Å². The smallest absolute Gasteiger partial charge is 0.352 e. The van der Waals surface area contributed by atoms with Gasteiger partial charge in [0.1, 0.15) is 0 Å². The molecule has 11 heteroatoms. The number of carbonyl (C=O) groups excluding carboxylic acids is 1. The molecule has 0 bridgehead atoms. The molecule has 1 amide bonds. The molecule has 0 spiro atoms. The maximum atomic E-state index is 12.9. The van der Waals surface area contributed by atoms with Crippen molar-refractivity contribution in [2.75, 3.05) is 0 Å². The van der Waals surface area contributed by atoms with Gasteiger partial charge < -0.3 is 9.84 Å². The summed E-state index contributed by atoms with van der Waals surface area (Å²) in [4.78, 5) is 42.1. The van der Waals surface area contributed by atoms with Crippen molar-refractivity contribution in [3.05, 3.63) is 91.4 Å². The predicted molar refractivity (Wildman–Crippen MR) is 129 cm³/mol. The van der Waals surface area contributed by atoms with Crippen LogP contribution in [0.25, 0.3) is 17.2 Å². The Morgan fingerprint density at radius 3 is 2.57 bits per heavy atom. The number of halogens is 1. The van der Waals surface area contributed by atoms with Gasteiger partial charge in [-0.1, -0.05) is 52.7 Å². The molecule has 2 heterocycles. The Bertz CT molecular complexity index is 1470. The Morgan fingerprint density at radius 1 is 1.11 bits per heavy atom. The van der Waals surface area contributed by atoms with E-state index < -0.39 is 11.2 Å². The molecular formula is C24H23ClN6O4. The summed E-state index contributed by atoms with van der Waals surface area (Å²) in [6.45, 7) is 4.06. The van der Waals surface area contributed by atoms with Gasteiger partial charge in [-0.25, -0.2) is 4.79 Å². The van der Waals surface area contributed by atoms with Crippen molar-refractivity contribution in [2.45, 2.75) is 39.8 Å². The number of aromatic nitrogens is 5. The second-order valence-corrected chi connectivity index (χ2v) is 8.22. The minimum atomic E-state index is -0.620. The van der Waals surface area contributed by atoms with Crippen LogP contribution in [0, 0.1) is 6.92 Å². The van der Waals surface area contributed by atoms with Gasteiger partial charge in [0.25, 0.3) is 5.56 Å². The zero-order valence-electron chi connectivity index (χ0n) is 19.2. The van der Waals surface area contributed by atoms with E-state index in [9.17, 15) is 14.4 Å². The topological polar surface area (TPSA) is 125 Å². The van der Waals surface area contributed by atoms with Crippen molar-refractivity contribution in [1.29, 1.82) is 0 Å². The average molecular weight is 495 g/mol.